The van der Waals surface area contributed by atoms with E-state index in [9.17, 15) is 9.59 Å². The van der Waals surface area contributed by atoms with E-state index in [1.54, 1.807) is 0 Å². The summed E-state index contributed by atoms with van der Waals surface area (Å²) in [6.45, 7) is 16.7. The number of ether oxygens (including phenoxy) is 4. The molecule has 2 unspecified atom stereocenters. The van der Waals surface area contributed by atoms with Crippen molar-refractivity contribution in [2.45, 2.75) is 78.3 Å². The molecule has 8 nitrogen and oxygen atoms in total. The van der Waals surface area contributed by atoms with Gasteiger partial charge in [-0.1, -0.05) is 27.7 Å². The molecule has 208 valence electrons. The van der Waals surface area contributed by atoms with Gasteiger partial charge in [0.25, 0.3) is 0 Å². The molecule has 0 N–H and O–H groups in total. The molecule has 2 saturated heterocycles. The second-order valence-corrected chi connectivity index (χ2v) is 10.8. The fourth-order valence-electron chi connectivity index (χ4n) is 5.09. The molecular weight excluding hydrogens is 460 g/mol. The average molecular weight is 511 g/mol. The van der Waals surface area contributed by atoms with Gasteiger partial charge >= 0.3 is 11.9 Å². The predicted molar refractivity (Wildman–Crippen MR) is 141 cm³/mol. The van der Waals surface area contributed by atoms with E-state index < -0.39 is 11.9 Å². The lowest BCUT2D eigenvalue weighted by Crippen LogP contribution is -2.44. The summed E-state index contributed by atoms with van der Waals surface area (Å²) in [6.07, 6.45) is 8.18. The van der Waals surface area contributed by atoms with Crippen molar-refractivity contribution >= 4 is 11.9 Å². The molecule has 2 fully saturated rings. The fraction of sp³-hybridized carbons (Fsp3) is 0.857. The highest BCUT2D eigenvalue weighted by Crippen LogP contribution is 2.19. The largest absolute Gasteiger partial charge is 0.463 e. The third-order valence-electron chi connectivity index (χ3n) is 6.82. The van der Waals surface area contributed by atoms with Crippen LogP contribution in [0.25, 0.3) is 0 Å². The molecule has 2 aliphatic heterocycles. The van der Waals surface area contributed by atoms with Crippen molar-refractivity contribution in [3.8, 4) is 0 Å². The Labute approximate surface area is 218 Å². The molecule has 8 heteroatoms. The monoisotopic (exact) mass is 510 g/mol. The van der Waals surface area contributed by atoms with Crippen molar-refractivity contribution < 1.29 is 28.5 Å². The highest BCUT2D eigenvalue weighted by atomic mass is 16.5. The molecule has 2 rings (SSSR count). The summed E-state index contributed by atoms with van der Waals surface area (Å²) in [5.74, 6) is 0.246. The van der Waals surface area contributed by atoms with Crippen LogP contribution in [0.4, 0.5) is 0 Å². The summed E-state index contributed by atoms with van der Waals surface area (Å²) in [6, 6.07) is 0.975. The highest BCUT2D eigenvalue weighted by molar-refractivity contribution is 5.91. The van der Waals surface area contributed by atoms with Crippen LogP contribution < -0.4 is 0 Å². The van der Waals surface area contributed by atoms with Crippen molar-refractivity contribution in [3.63, 3.8) is 0 Å². The Hall–Kier alpha value is -1.48. The van der Waals surface area contributed by atoms with Gasteiger partial charge in [0.2, 0.25) is 0 Å². The summed E-state index contributed by atoms with van der Waals surface area (Å²) in [7, 11) is 0. The maximum atomic E-state index is 12.0. The summed E-state index contributed by atoms with van der Waals surface area (Å²) in [5.41, 5.74) is 0. The number of esters is 2. The number of rotatable bonds is 16. The fourth-order valence-corrected chi connectivity index (χ4v) is 5.09. The van der Waals surface area contributed by atoms with Crippen LogP contribution in [0.2, 0.25) is 0 Å². The van der Waals surface area contributed by atoms with Crippen molar-refractivity contribution in [3.05, 3.63) is 12.2 Å². The third-order valence-corrected chi connectivity index (χ3v) is 6.82. The number of hydrogen-bond acceptors (Lipinski definition) is 8. The Bertz CT molecular complexity index is 588. The first-order chi connectivity index (χ1) is 17.3. The second-order valence-electron chi connectivity index (χ2n) is 10.8. The predicted octanol–water partition coefficient (Wildman–Crippen LogP) is 3.68. The topological polar surface area (TPSA) is 77.5 Å². The number of nitrogens with zero attached hydrogens (tertiary/aromatic N) is 2. The third kappa shape index (κ3) is 13.2. The molecule has 2 atom stereocenters. The van der Waals surface area contributed by atoms with Gasteiger partial charge in [-0.15, -0.1) is 0 Å². The minimum Gasteiger partial charge on any atom is -0.463 e. The van der Waals surface area contributed by atoms with Crippen LogP contribution in [0, 0.1) is 11.8 Å². The smallest absolute Gasteiger partial charge is 0.331 e. The molecule has 0 radical (unpaired) electrons. The molecule has 0 bridgehead atoms. The lowest BCUT2D eigenvalue weighted by Gasteiger charge is -2.35. The molecule has 0 amide bonds. The van der Waals surface area contributed by atoms with E-state index in [-0.39, 0.29) is 0 Å². The minimum absolute atomic E-state index is 0.357. The van der Waals surface area contributed by atoms with E-state index in [1.165, 1.54) is 12.2 Å². The molecule has 0 spiro atoms. The van der Waals surface area contributed by atoms with E-state index in [4.69, 9.17) is 18.9 Å². The van der Waals surface area contributed by atoms with Crippen LogP contribution in [0.15, 0.2) is 12.2 Å². The zero-order valence-electron chi connectivity index (χ0n) is 23.1. The Morgan fingerprint density at radius 2 is 1.06 bits per heavy atom. The van der Waals surface area contributed by atoms with E-state index in [0.29, 0.717) is 37.1 Å². The maximum Gasteiger partial charge on any atom is 0.331 e. The van der Waals surface area contributed by atoms with Gasteiger partial charge in [-0.3, -0.25) is 9.80 Å². The van der Waals surface area contributed by atoms with Crippen molar-refractivity contribution in [2.24, 2.45) is 11.8 Å². The quantitative estimate of drug-likeness (QED) is 0.177. The van der Waals surface area contributed by atoms with E-state index in [2.05, 4.69) is 37.5 Å². The first-order valence-corrected chi connectivity index (χ1v) is 14.0. The zero-order valence-corrected chi connectivity index (χ0v) is 23.1. The molecule has 0 aromatic rings. The van der Waals surface area contributed by atoms with E-state index in [1.807, 2.05) is 0 Å². The van der Waals surface area contributed by atoms with Crippen LogP contribution in [0.3, 0.4) is 0 Å². The van der Waals surface area contributed by atoms with Crippen molar-refractivity contribution in [1.82, 2.24) is 9.80 Å². The standard InChI is InChI=1S/C28H50N2O6/c1-23(2)21-25(29-11-17-33-18-12-29)7-5-15-35-27(31)9-10-28(32)36-16-6-8-26(22-24(3)4)30-13-19-34-20-14-30/h9-10,23-26H,5-8,11-22H2,1-4H3/b10-9+. The van der Waals surface area contributed by atoms with Crippen LogP contribution in [-0.4, -0.2) is 99.6 Å². The summed E-state index contributed by atoms with van der Waals surface area (Å²) < 4.78 is 21.6. The molecule has 0 aromatic carbocycles. The Balaban J connectivity index is 1.60. The van der Waals surface area contributed by atoms with E-state index >= 15 is 0 Å². The van der Waals surface area contributed by atoms with Crippen molar-refractivity contribution in [1.29, 1.82) is 0 Å². The molecule has 2 aliphatic rings. The SMILES string of the molecule is CC(C)CC(CCCOC(=O)/C=C/C(=O)OCCCC(CC(C)C)N1CCOCC1)N1CCOCC1. The number of hydrogen-bond donors (Lipinski definition) is 0. The molecular formula is C28H50N2O6. The Morgan fingerprint density at radius 1 is 0.694 bits per heavy atom. The first-order valence-electron chi connectivity index (χ1n) is 14.0. The van der Waals surface area contributed by atoms with Crippen LogP contribution in [0.5, 0.6) is 0 Å². The lowest BCUT2D eigenvalue weighted by atomic mass is 9.98. The Kier molecular flexibility index (Phi) is 15.3. The van der Waals surface area contributed by atoms with Gasteiger partial charge < -0.3 is 18.9 Å². The van der Waals surface area contributed by atoms with Gasteiger partial charge in [0.05, 0.1) is 39.6 Å². The summed E-state index contributed by atoms with van der Waals surface area (Å²) in [5, 5.41) is 0. The van der Waals surface area contributed by atoms with E-state index in [0.717, 1.165) is 91.1 Å². The summed E-state index contributed by atoms with van der Waals surface area (Å²) in [4.78, 5) is 29.0. The Morgan fingerprint density at radius 3 is 1.39 bits per heavy atom. The van der Waals surface area contributed by atoms with Crippen LogP contribution >= 0.6 is 0 Å². The average Bonchev–Trinajstić information content (AvgIpc) is 2.87. The van der Waals surface area contributed by atoms with Crippen LogP contribution in [-0.2, 0) is 28.5 Å². The molecule has 0 saturated carbocycles. The minimum atomic E-state index is -0.497. The number of carbonyl (C=O) groups is 2. The maximum absolute atomic E-state index is 12.0. The molecule has 0 aromatic heterocycles. The first kappa shape index (κ1) is 30.7. The number of carbonyl (C=O) groups excluding carboxylic acids is 2. The molecule has 0 aliphatic carbocycles. The van der Waals surface area contributed by atoms with Crippen LogP contribution in [0.1, 0.15) is 66.2 Å². The van der Waals surface area contributed by atoms with Gasteiger partial charge in [-0.2, -0.15) is 0 Å². The van der Waals surface area contributed by atoms with Gasteiger partial charge in [0.15, 0.2) is 0 Å². The zero-order chi connectivity index (χ0) is 26.2. The van der Waals surface area contributed by atoms with Gasteiger partial charge in [0.1, 0.15) is 0 Å². The van der Waals surface area contributed by atoms with Gasteiger partial charge in [-0.25, -0.2) is 9.59 Å². The van der Waals surface area contributed by atoms with Gasteiger partial charge in [-0.05, 0) is 50.4 Å². The van der Waals surface area contributed by atoms with Gasteiger partial charge in [0, 0.05) is 50.4 Å². The normalized spacial score (nSPS) is 19.6. The second kappa shape index (κ2) is 17.9. The highest BCUT2D eigenvalue weighted by Gasteiger charge is 2.22. The summed E-state index contributed by atoms with van der Waals surface area (Å²) >= 11 is 0. The molecule has 2 heterocycles. The number of morpholine rings is 2. The molecule has 36 heavy (non-hydrogen) atoms. The van der Waals surface area contributed by atoms with Crippen molar-refractivity contribution in [2.75, 3.05) is 65.8 Å². The lowest BCUT2D eigenvalue weighted by molar-refractivity contribution is -0.140.